The molecule has 2 aromatic rings. The molecular formula is C22H27N3O3. The Morgan fingerprint density at radius 2 is 1.86 bits per heavy atom. The van der Waals surface area contributed by atoms with Crippen molar-refractivity contribution in [1.82, 2.24) is 15.2 Å². The van der Waals surface area contributed by atoms with Crippen molar-refractivity contribution in [3.8, 4) is 5.75 Å². The van der Waals surface area contributed by atoms with E-state index in [2.05, 4.69) is 10.3 Å². The number of nitrogens with one attached hydrogen (secondary N) is 1. The average molecular weight is 381 g/mol. The summed E-state index contributed by atoms with van der Waals surface area (Å²) >= 11 is 0. The summed E-state index contributed by atoms with van der Waals surface area (Å²) in [6.07, 6.45) is 1.74. The predicted molar refractivity (Wildman–Crippen MR) is 107 cm³/mol. The van der Waals surface area contributed by atoms with Gasteiger partial charge in [0.25, 0.3) is 0 Å². The number of rotatable bonds is 7. The first-order valence-corrected chi connectivity index (χ1v) is 9.77. The van der Waals surface area contributed by atoms with Crippen LogP contribution in [0.25, 0.3) is 0 Å². The number of amides is 2. The number of aryl methyl sites for hydroxylation is 1. The zero-order chi connectivity index (χ0) is 19.8. The molecule has 6 heteroatoms. The van der Waals surface area contributed by atoms with E-state index in [0.717, 1.165) is 17.1 Å². The van der Waals surface area contributed by atoms with Crippen molar-refractivity contribution in [3.63, 3.8) is 0 Å². The maximum absolute atomic E-state index is 12.4. The molecule has 0 bridgehead atoms. The van der Waals surface area contributed by atoms with Crippen molar-refractivity contribution in [2.75, 3.05) is 19.7 Å². The Hall–Kier alpha value is -2.89. The van der Waals surface area contributed by atoms with Gasteiger partial charge in [-0.05, 0) is 44.0 Å². The molecule has 148 valence electrons. The Morgan fingerprint density at radius 1 is 1.11 bits per heavy atom. The van der Waals surface area contributed by atoms with Crippen LogP contribution in [0.1, 0.15) is 30.7 Å². The van der Waals surface area contributed by atoms with Crippen LogP contribution in [0.15, 0.2) is 48.5 Å². The summed E-state index contributed by atoms with van der Waals surface area (Å²) in [4.78, 5) is 31.0. The first-order valence-electron chi connectivity index (χ1n) is 9.77. The van der Waals surface area contributed by atoms with Crippen molar-refractivity contribution in [2.24, 2.45) is 5.92 Å². The van der Waals surface area contributed by atoms with Crippen LogP contribution in [-0.4, -0.2) is 41.4 Å². The molecule has 6 nitrogen and oxygen atoms in total. The smallest absolute Gasteiger partial charge is 0.225 e. The first kappa shape index (κ1) is 19.9. The minimum absolute atomic E-state index is 0.0443. The van der Waals surface area contributed by atoms with Crippen LogP contribution in [0.3, 0.4) is 0 Å². The van der Waals surface area contributed by atoms with Crippen LogP contribution >= 0.6 is 0 Å². The number of carbonyl (C=O) groups excluding carboxylic acids is 2. The number of ether oxygens (including phenoxy) is 1. The number of aromatic nitrogens is 1. The molecular weight excluding hydrogens is 354 g/mol. The van der Waals surface area contributed by atoms with E-state index in [1.807, 2.05) is 60.4 Å². The Labute approximate surface area is 165 Å². The second-order valence-corrected chi connectivity index (χ2v) is 7.05. The van der Waals surface area contributed by atoms with Crippen LogP contribution in [0, 0.1) is 12.8 Å². The molecule has 1 aliphatic rings. The molecule has 28 heavy (non-hydrogen) atoms. The Balaban J connectivity index is 1.36. The van der Waals surface area contributed by atoms with E-state index in [1.165, 1.54) is 0 Å². The lowest BCUT2D eigenvalue weighted by molar-refractivity contribution is -0.136. The second kappa shape index (κ2) is 9.88. The second-order valence-electron chi connectivity index (χ2n) is 7.05. The summed E-state index contributed by atoms with van der Waals surface area (Å²) in [7, 11) is 0. The maximum atomic E-state index is 12.4. The molecule has 0 radical (unpaired) electrons. The summed E-state index contributed by atoms with van der Waals surface area (Å²) in [5, 5.41) is 2.97. The standard InChI is InChI=1S/C22H27N3O3/c1-17-6-5-7-19(24-17)16-23-22(27)18-10-13-25(14-11-18)21(26)12-15-28-20-8-3-2-4-9-20/h2-9,18H,10-16H2,1H3,(H,23,27). The fourth-order valence-corrected chi connectivity index (χ4v) is 3.34. The molecule has 0 spiro atoms. The minimum atomic E-state index is -0.0468. The molecule has 0 unspecified atom stereocenters. The lowest BCUT2D eigenvalue weighted by atomic mass is 9.95. The molecule has 1 aromatic carbocycles. The summed E-state index contributed by atoms with van der Waals surface area (Å²) in [6.45, 7) is 3.97. The summed E-state index contributed by atoms with van der Waals surface area (Å²) in [6, 6.07) is 15.3. The van der Waals surface area contributed by atoms with Gasteiger partial charge in [-0.25, -0.2) is 0 Å². The fraction of sp³-hybridized carbons (Fsp3) is 0.409. The number of hydrogen-bond acceptors (Lipinski definition) is 4. The van der Waals surface area contributed by atoms with Gasteiger partial charge in [0, 0.05) is 24.7 Å². The van der Waals surface area contributed by atoms with E-state index >= 15 is 0 Å². The number of hydrogen-bond donors (Lipinski definition) is 1. The Bertz CT molecular complexity index is 787. The molecule has 1 fully saturated rings. The van der Waals surface area contributed by atoms with Gasteiger partial charge in [-0.3, -0.25) is 14.6 Å². The zero-order valence-electron chi connectivity index (χ0n) is 16.3. The quantitative estimate of drug-likeness (QED) is 0.800. The summed E-state index contributed by atoms with van der Waals surface area (Å²) in [5.74, 6) is 0.852. The van der Waals surface area contributed by atoms with Gasteiger partial charge in [-0.15, -0.1) is 0 Å². The lowest BCUT2D eigenvalue weighted by Gasteiger charge is -2.31. The van der Waals surface area contributed by atoms with Gasteiger partial charge in [0.05, 0.1) is 25.3 Å². The fourth-order valence-electron chi connectivity index (χ4n) is 3.34. The number of pyridine rings is 1. The van der Waals surface area contributed by atoms with Gasteiger partial charge in [-0.1, -0.05) is 24.3 Å². The largest absolute Gasteiger partial charge is 0.493 e. The normalized spacial score (nSPS) is 14.5. The van der Waals surface area contributed by atoms with Gasteiger partial charge in [0.1, 0.15) is 5.75 Å². The molecule has 1 saturated heterocycles. The molecule has 1 aromatic heterocycles. The SMILES string of the molecule is Cc1cccc(CNC(=O)C2CCN(C(=O)CCOc3ccccc3)CC2)n1. The highest BCUT2D eigenvalue weighted by atomic mass is 16.5. The molecule has 1 N–H and O–H groups in total. The van der Waals surface area contributed by atoms with Gasteiger partial charge in [0.2, 0.25) is 11.8 Å². The Morgan fingerprint density at radius 3 is 2.57 bits per heavy atom. The zero-order valence-corrected chi connectivity index (χ0v) is 16.3. The molecule has 3 rings (SSSR count). The van der Waals surface area contributed by atoms with Crippen LogP contribution < -0.4 is 10.1 Å². The third-order valence-corrected chi connectivity index (χ3v) is 4.94. The van der Waals surface area contributed by atoms with Crippen molar-refractivity contribution >= 4 is 11.8 Å². The number of carbonyl (C=O) groups is 2. The molecule has 1 aliphatic heterocycles. The van der Waals surface area contributed by atoms with E-state index in [1.54, 1.807) is 0 Å². The number of benzene rings is 1. The number of nitrogens with zero attached hydrogens (tertiary/aromatic N) is 2. The van der Waals surface area contributed by atoms with E-state index in [-0.39, 0.29) is 17.7 Å². The lowest BCUT2D eigenvalue weighted by Crippen LogP contribution is -2.43. The van der Waals surface area contributed by atoms with Crippen molar-refractivity contribution < 1.29 is 14.3 Å². The van der Waals surface area contributed by atoms with Gasteiger partial charge < -0.3 is 15.0 Å². The topological polar surface area (TPSA) is 71.5 Å². The third-order valence-electron chi connectivity index (χ3n) is 4.94. The van der Waals surface area contributed by atoms with Crippen LogP contribution in [0.5, 0.6) is 5.75 Å². The van der Waals surface area contributed by atoms with Crippen molar-refractivity contribution in [2.45, 2.75) is 32.7 Å². The average Bonchev–Trinajstić information content (AvgIpc) is 2.73. The molecule has 2 amide bonds. The monoisotopic (exact) mass is 381 g/mol. The number of piperidine rings is 1. The van der Waals surface area contributed by atoms with E-state index in [0.29, 0.717) is 45.5 Å². The van der Waals surface area contributed by atoms with Crippen LogP contribution in [0.2, 0.25) is 0 Å². The van der Waals surface area contributed by atoms with Crippen molar-refractivity contribution in [1.29, 1.82) is 0 Å². The van der Waals surface area contributed by atoms with Gasteiger partial charge >= 0.3 is 0 Å². The Kier molecular flexibility index (Phi) is 7.00. The highest BCUT2D eigenvalue weighted by Crippen LogP contribution is 2.18. The van der Waals surface area contributed by atoms with Gasteiger partial charge in [-0.2, -0.15) is 0 Å². The van der Waals surface area contributed by atoms with Crippen LogP contribution in [-0.2, 0) is 16.1 Å². The van der Waals surface area contributed by atoms with E-state index in [4.69, 9.17) is 4.74 Å². The number of para-hydroxylation sites is 1. The number of likely N-dealkylation sites (tertiary alicyclic amines) is 1. The maximum Gasteiger partial charge on any atom is 0.225 e. The molecule has 2 heterocycles. The molecule has 0 saturated carbocycles. The molecule has 0 atom stereocenters. The van der Waals surface area contributed by atoms with Crippen molar-refractivity contribution in [3.05, 3.63) is 59.9 Å². The van der Waals surface area contributed by atoms with E-state index in [9.17, 15) is 9.59 Å². The van der Waals surface area contributed by atoms with Crippen LogP contribution in [0.4, 0.5) is 0 Å². The first-order chi connectivity index (χ1) is 13.6. The van der Waals surface area contributed by atoms with Gasteiger partial charge in [0.15, 0.2) is 0 Å². The third kappa shape index (κ3) is 5.81. The highest BCUT2D eigenvalue weighted by molar-refractivity contribution is 5.80. The molecule has 0 aliphatic carbocycles. The highest BCUT2D eigenvalue weighted by Gasteiger charge is 2.27. The minimum Gasteiger partial charge on any atom is -0.493 e. The summed E-state index contributed by atoms with van der Waals surface area (Å²) in [5.41, 5.74) is 1.80. The predicted octanol–water partition coefficient (Wildman–Crippen LogP) is 2.71. The summed E-state index contributed by atoms with van der Waals surface area (Å²) < 4.78 is 5.59. The van der Waals surface area contributed by atoms with E-state index < -0.39 is 0 Å².